The fourth-order valence-corrected chi connectivity index (χ4v) is 2.32. The van der Waals surface area contributed by atoms with E-state index in [4.69, 9.17) is 5.11 Å². The summed E-state index contributed by atoms with van der Waals surface area (Å²) in [5, 5.41) is 14.8. The molecule has 1 rings (SSSR count). The Morgan fingerprint density at radius 3 is 2.76 bits per heavy atom. The lowest BCUT2D eigenvalue weighted by atomic mass is 9.94. The number of hydrogen-bond donors (Lipinski definition) is 3. The van der Waals surface area contributed by atoms with Crippen LogP contribution in [-0.4, -0.2) is 29.3 Å². The molecule has 0 spiro atoms. The summed E-state index contributed by atoms with van der Waals surface area (Å²) in [5.41, 5.74) is 1.94. The summed E-state index contributed by atoms with van der Waals surface area (Å²) in [6, 6.07) is 3.67. The number of carbonyl (C=O) groups is 1. The van der Waals surface area contributed by atoms with E-state index in [-0.39, 0.29) is 12.6 Å². The molecule has 5 heteroatoms. The zero-order valence-corrected chi connectivity index (χ0v) is 13.2. The van der Waals surface area contributed by atoms with Gasteiger partial charge in [0.25, 0.3) is 0 Å². The number of hydrogen-bond acceptors (Lipinski definition) is 3. The number of aromatic nitrogens is 1. The van der Waals surface area contributed by atoms with Gasteiger partial charge in [-0.25, -0.2) is 4.79 Å². The van der Waals surface area contributed by atoms with Gasteiger partial charge in [-0.05, 0) is 43.2 Å². The lowest BCUT2D eigenvalue weighted by molar-refractivity contribution is 0.224. The van der Waals surface area contributed by atoms with Crippen LogP contribution in [0.5, 0.6) is 0 Å². The molecule has 1 unspecified atom stereocenters. The van der Waals surface area contributed by atoms with Crippen LogP contribution in [0, 0.1) is 18.8 Å². The molecule has 0 radical (unpaired) electrons. The molecule has 0 bridgehead atoms. The summed E-state index contributed by atoms with van der Waals surface area (Å²) in [5.74, 6) is 0.875. The van der Waals surface area contributed by atoms with Crippen LogP contribution < -0.4 is 10.6 Å². The van der Waals surface area contributed by atoms with Crippen molar-refractivity contribution in [1.82, 2.24) is 15.6 Å². The van der Waals surface area contributed by atoms with Crippen molar-refractivity contribution in [3.05, 3.63) is 29.6 Å². The number of aliphatic hydroxyl groups is 1. The summed E-state index contributed by atoms with van der Waals surface area (Å²) in [4.78, 5) is 16.0. The van der Waals surface area contributed by atoms with Crippen LogP contribution in [0.2, 0.25) is 0 Å². The van der Waals surface area contributed by atoms with Crippen LogP contribution in [0.25, 0.3) is 0 Å². The average molecular weight is 293 g/mol. The van der Waals surface area contributed by atoms with E-state index >= 15 is 0 Å². The minimum Gasteiger partial charge on any atom is -0.396 e. The number of urea groups is 1. The van der Waals surface area contributed by atoms with Gasteiger partial charge in [0, 0.05) is 19.3 Å². The summed E-state index contributed by atoms with van der Waals surface area (Å²) in [7, 11) is 0. The van der Waals surface area contributed by atoms with Crippen molar-refractivity contribution < 1.29 is 9.90 Å². The number of pyridine rings is 1. The summed E-state index contributed by atoms with van der Waals surface area (Å²) >= 11 is 0. The largest absolute Gasteiger partial charge is 0.396 e. The summed E-state index contributed by atoms with van der Waals surface area (Å²) in [6.45, 7) is 7.44. The van der Waals surface area contributed by atoms with Gasteiger partial charge in [-0.1, -0.05) is 19.9 Å². The highest BCUT2D eigenvalue weighted by atomic mass is 16.3. The molecule has 0 aliphatic rings. The topological polar surface area (TPSA) is 74.2 Å². The van der Waals surface area contributed by atoms with Crippen LogP contribution in [0.4, 0.5) is 4.79 Å². The molecular formula is C16H27N3O2. The lowest BCUT2D eigenvalue weighted by Gasteiger charge is -2.18. The van der Waals surface area contributed by atoms with Crippen molar-refractivity contribution >= 4 is 6.03 Å². The standard InChI is InChI=1S/C16H27N3O2/c1-12(2)9-14(6-8-20)10-18-16(21)19-11-15-13(3)5-4-7-17-15/h4-5,7,12,14,20H,6,8-11H2,1-3H3,(H2,18,19,21). The Bertz CT molecular complexity index is 435. The Labute approximate surface area is 127 Å². The van der Waals surface area contributed by atoms with E-state index in [0.29, 0.717) is 24.9 Å². The van der Waals surface area contributed by atoms with Crippen molar-refractivity contribution in [3.63, 3.8) is 0 Å². The molecule has 118 valence electrons. The van der Waals surface area contributed by atoms with E-state index in [1.807, 2.05) is 19.1 Å². The van der Waals surface area contributed by atoms with E-state index in [2.05, 4.69) is 29.5 Å². The Morgan fingerprint density at radius 2 is 2.14 bits per heavy atom. The lowest BCUT2D eigenvalue weighted by Crippen LogP contribution is -2.38. The Morgan fingerprint density at radius 1 is 1.38 bits per heavy atom. The first kappa shape index (κ1) is 17.4. The maximum atomic E-state index is 11.8. The molecule has 1 aromatic heterocycles. The minimum absolute atomic E-state index is 0.161. The average Bonchev–Trinajstić information content (AvgIpc) is 2.43. The number of aliphatic hydroxyl groups excluding tert-OH is 1. The highest BCUT2D eigenvalue weighted by molar-refractivity contribution is 5.73. The number of aryl methyl sites for hydroxylation is 1. The quantitative estimate of drug-likeness (QED) is 0.688. The van der Waals surface area contributed by atoms with Gasteiger partial charge in [-0.3, -0.25) is 4.98 Å². The molecule has 1 atom stereocenters. The Kier molecular flexibility index (Phi) is 7.75. The van der Waals surface area contributed by atoms with Gasteiger partial charge in [0.05, 0.1) is 12.2 Å². The van der Waals surface area contributed by atoms with Crippen LogP contribution in [0.15, 0.2) is 18.3 Å². The molecule has 1 aromatic rings. The zero-order chi connectivity index (χ0) is 15.7. The maximum absolute atomic E-state index is 11.8. The summed E-state index contributed by atoms with van der Waals surface area (Å²) < 4.78 is 0. The van der Waals surface area contributed by atoms with E-state index in [1.54, 1.807) is 6.20 Å². The third kappa shape index (κ3) is 7.09. The van der Waals surface area contributed by atoms with Gasteiger partial charge in [0.1, 0.15) is 0 Å². The van der Waals surface area contributed by atoms with Gasteiger partial charge in [-0.15, -0.1) is 0 Å². The number of carbonyl (C=O) groups excluding carboxylic acids is 1. The Hall–Kier alpha value is -1.62. The second-order valence-electron chi connectivity index (χ2n) is 5.84. The van der Waals surface area contributed by atoms with Gasteiger partial charge in [0.2, 0.25) is 0 Å². The second kappa shape index (κ2) is 9.34. The van der Waals surface area contributed by atoms with E-state index in [1.165, 1.54) is 0 Å². The SMILES string of the molecule is Cc1cccnc1CNC(=O)NCC(CCO)CC(C)C. The minimum atomic E-state index is -0.188. The number of nitrogens with one attached hydrogen (secondary N) is 2. The van der Waals surface area contributed by atoms with Crippen molar-refractivity contribution in [2.45, 2.75) is 40.2 Å². The summed E-state index contributed by atoms with van der Waals surface area (Å²) in [6.07, 6.45) is 3.44. The first-order valence-corrected chi connectivity index (χ1v) is 7.56. The third-order valence-electron chi connectivity index (χ3n) is 3.43. The van der Waals surface area contributed by atoms with E-state index in [0.717, 1.165) is 24.1 Å². The molecule has 21 heavy (non-hydrogen) atoms. The highest BCUT2D eigenvalue weighted by Gasteiger charge is 2.12. The number of rotatable bonds is 8. The normalized spacial score (nSPS) is 12.2. The van der Waals surface area contributed by atoms with Gasteiger partial charge in [0.15, 0.2) is 0 Å². The molecule has 0 fully saturated rings. The van der Waals surface area contributed by atoms with E-state index < -0.39 is 0 Å². The van der Waals surface area contributed by atoms with Crippen LogP contribution in [-0.2, 0) is 6.54 Å². The fourth-order valence-electron chi connectivity index (χ4n) is 2.32. The fraction of sp³-hybridized carbons (Fsp3) is 0.625. The van der Waals surface area contributed by atoms with Crippen LogP contribution >= 0.6 is 0 Å². The molecular weight excluding hydrogens is 266 g/mol. The first-order valence-electron chi connectivity index (χ1n) is 7.56. The molecule has 5 nitrogen and oxygen atoms in total. The second-order valence-corrected chi connectivity index (χ2v) is 5.84. The molecule has 2 amide bonds. The smallest absolute Gasteiger partial charge is 0.315 e. The predicted molar refractivity (Wildman–Crippen MR) is 83.9 cm³/mol. The van der Waals surface area contributed by atoms with Crippen molar-refractivity contribution in [2.24, 2.45) is 11.8 Å². The molecule has 0 aliphatic carbocycles. The van der Waals surface area contributed by atoms with Gasteiger partial charge >= 0.3 is 6.03 Å². The molecule has 0 saturated heterocycles. The van der Waals surface area contributed by atoms with Crippen molar-refractivity contribution in [1.29, 1.82) is 0 Å². The molecule has 3 N–H and O–H groups in total. The molecule has 0 aliphatic heterocycles. The maximum Gasteiger partial charge on any atom is 0.315 e. The van der Waals surface area contributed by atoms with Crippen molar-refractivity contribution in [2.75, 3.05) is 13.2 Å². The molecule has 0 aromatic carbocycles. The van der Waals surface area contributed by atoms with Gasteiger partial charge in [-0.2, -0.15) is 0 Å². The monoisotopic (exact) mass is 293 g/mol. The van der Waals surface area contributed by atoms with Crippen molar-refractivity contribution in [3.8, 4) is 0 Å². The van der Waals surface area contributed by atoms with Crippen LogP contribution in [0.3, 0.4) is 0 Å². The Balaban J connectivity index is 2.34. The number of nitrogens with zero attached hydrogens (tertiary/aromatic N) is 1. The zero-order valence-electron chi connectivity index (χ0n) is 13.2. The van der Waals surface area contributed by atoms with E-state index in [9.17, 15) is 4.79 Å². The highest BCUT2D eigenvalue weighted by Crippen LogP contribution is 2.14. The molecule has 0 saturated carbocycles. The third-order valence-corrected chi connectivity index (χ3v) is 3.43. The van der Waals surface area contributed by atoms with Gasteiger partial charge < -0.3 is 15.7 Å². The first-order chi connectivity index (χ1) is 10.0. The molecule has 1 heterocycles. The van der Waals surface area contributed by atoms with Crippen LogP contribution in [0.1, 0.15) is 37.9 Å². The number of amides is 2. The predicted octanol–water partition coefficient (Wildman–Crippen LogP) is 2.23.